The van der Waals surface area contributed by atoms with E-state index in [0.29, 0.717) is 0 Å². The molecule has 6 nitrogen and oxygen atoms in total. The number of benzene rings is 1. The molecule has 18 heavy (non-hydrogen) atoms. The Balaban J connectivity index is 2.77. The second-order valence-corrected chi connectivity index (χ2v) is 5.37. The van der Waals surface area contributed by atoms with Crippen LogP contribution >= 0.6 is 0 Å². The first-order chi connectivity index (χ1) is 8.49. The number of ether oxygens (including phenoxy) is 1. The Labute approximate surface area is 106 Å². The lowest BCUT2D eigenvalue weighted by atomic mass is 10.2. The van der Waals surface area contributed by atoms with E-state index in [1.165, 1.54) is 31.4 Å². The molecule has 0 aliphatic rings. The molecule has 2 N–H and O–H groups in total. The van der Waals surface area contributed by atoms with Gasteiger partial charge in [-0.15, -0.1) is 0 Å². The standard InChI is InChI=1S/C11H14N2O4S/c1-17-8-10(14)7-13-18(15,16)11-4-2-3-9(5-11)6-12/h2-5,10,13-14H,7-8H2,1H3. The number of aliphatic hydroxyl groups is 1. The van der Waals surface area contributed by atoms with Crippen LogP contribution in [0.25, 0.3) is 0 Å². The van der Waals surface area contributed by atoms with Crippen LogP contribution < -0.4 is 4.72 Å². The van der Waals surface area contributed by atoms with Gasteiger partial charge in [0.2, 0.25) is 10.0 Å². The molecule has 0 aromatic heterocycles. The van der Waals surface area contributed by atoms with Crippen molar-refractivity contribution < 1.29 is 18.3 Å². The molecular formula is C11H14N2O4S. The van der Waals surface area contributed by atoms with Crippen LogP contribution in [0, 0.1) is 11.3 Å². The van der Waals surface area contributed by atoms with E-state index in [-0.39, 0.29) is 23.6 Å². The molecule has 0 amide bonds. The summed E-state index contributed by atoms with van der Waals surface area (Å²) in [6.07, 6.45) is -0.913. The van der Waals surface area contributed by atoms with Crippen LogP contribution in [-0.2, 0) is 14.8 Å². The average molecular weight is 270 g/mol. The Hall–Kier alpha value is -1.46. The minimum Gasteiger partial charge on any atom is -0.389 e. The summed E-state index contributed by atoms with van der Waals surface area (Å²) >= 11 is 0. The summed E-state index contributed by atoms with van der Waals surface area (Å²) in [5, 5.41) is 18.0. The molecule has 0 saturated carbocycles. The summed E-state index contributed by atoms with van der Waals surface area (Å²) < 4.78 is 30.6. The average Bonchev–Trinajstić information content (AvgIpc) is 2.37. The highest BCUT2D eigenvalue weighted by Gasteiger charge is 2.16. The van der Waals surface area contributed by atoms with Gasteiger partial charge < -0.3 is 9.84 Å². The Morgan fingerprint density at radius 2 is 2.28 bits per heavy atom. The molecule has 0 saturated heterocycles. The quantitative estimate of drug-likeness (QED) is 0.748. The third kappa shape index (κ3) is 4.09. The number of aliphatic hydroxyl groups excluding tert-OH is 1. The van der Waals surface area contributed by atoms with E-state index in [1.54, 1.807) is 0 Å². The minimum absolute atomic E-state index is 0.00818. The molecule has 1 aromatic rings. The number of hydrogen-bond acceptors (Lipinski definition) is 5. The lowest BCUT2D eigenvalue weighted by Gasteiger charge is -2.11. The van der Waals surface area contributed by atoms with Crippen molar-refractivity contribution in [3.63, 3.8) is 0 Å². The van der Waals surface area contributed by atoms with Gasteiger partial charge in [0.25, 0.3) is 0 Å². The Morgan fingerprint density at radius 1 is 1.56 bits per heavy atom. The van der Waals surface area contributed by atoms with Crippen LogP contribution in [0.3, 0.4) is 0 Å². The molecule has 7 heteroatoms. The largest absolute Gasteiger partial charge is 0.389 e. The predicted octanol–water partition coefficient (Wildman–Crippen LogP) is -0.156. The van der Waals surface area contributed by atoms with Gasteiger partial charge in [-0.1, -0.05) is 6.07 Å². The molecule has 98 valence electrons. The molecule has 0 fully saturated rings. The van der Waals surface area contributed by atoms with Gasteiger partial charge in [0, 0.05) is 13.7 Å². The third-order valence-corrected chi connectivity index (χ3v) is 3.56. The first-order valence-electron chi connectivity index (χ1n) is 5.16. The molecule has 1 aromatic carbocycles. The maximum absolute atomic E-state index is 11.8. The van der Waals surface area contributed by atoms with Crippen molar-refractivity contribution in [2.24, 2.45) is 0 Å². The van der Waals surface area contributed by atoms with E-state index in [0.717, 1.165) is 0 Å². The first-order valence-corrected chi connectivity index (χ1v) is 6.64. The second-order valence-electron chi connectivity index (χ2n) is 3.60. The van der Waals surface area contributed by atoms with Crippen LogP contribution in [-0.4, -0.2) is 39.9 Å². The molecule has 0 radical (unpaired) electrons. The van der Waals surface area contributed by atoms with Crippen molar-refractivity contribution in [3.05, 3.63) is 29.8 Å². The van der Waals surface area contributed by atoms with Gasteiger partial charge >= 0.3 is 0 Å². The lowest BCUT2D eigenvalue weighted by Crippen LogP contribution is -2.34. The number of nitrogens with one attached hydrogen (secondary N) is 1. The van der Waals surface area contributed by atoms with E-state index in [9.17, 15) is 13.5 Å². The summed E-state index contributed by atoms with van der Waals surface area (Å²) in [5.74, 6) is 0. The van der Waals surface area contributed by atoms with Crippen molar-refractivity contribution in [1.29, 1.82) is 5.26 Å². The number of hydrogen-bond donors (Lipinski definition) is 2. The van der Waals surface area contributed by atoms with Crippen molar-refractivity contribution in [2.45, 2.75) is 11.0 Å². The van der Waals surface area contributed by atoms with Gasteiger partial charge in [0.1, 0.15) is 0 Å². The van der Waals surface area contributed by atoms with Crippen LogP contribution in [0.5, 0.6) is 0 Å². The number of methoxy groups -OCH3 is 1. The Kier molecular flexibility index (Phi) is 5.25. The number of nitriles is 1. The molecule has 0 heterocycles. The summed E-state index contributed by atoms with van der Waals surface area (Å²) in [6, 6.07) is 7.51. The fraction of sp³-hybridized carbons (Fsp3) is 0.364. The third-order valence-electron chi connectivity index (χ3n) is 2.14. The van der Waals surface area contributed by atoms with Gasteiger partial charge in [-0.3, -0.25) is 0 Å². The number of nitrogens with zero attached hydrogens (tertiary/aromatic N) is 1. The van der Waals surface area contributed by atoms with Gasteiger partial charge in [-0.2, -0.15) is 5.26 Å². The summed E-state index contributed by atoms with van der Waals surface area (Å²) in [4.78, 5) is -0.00818. The number of sulfonamides is 1. The van der Waals surface area contributed by atoms with Gasteiger partial charge in [0.05, 0.1) is 29.2 Å². The maximum Gasteiger partial charge on any atom is 0.240 e. The van der Waals surface area contributed by atoms with Gasteiger partial charge in [-0.05, 0) is 18.2 Å². The smallest absolute Gasteiger partial charge is 0.240 e. The number of rotatable bonds is 6. The molecule has 0 spiro atoms. The molecule has 0 bridgehead atoms. The first kappa shape index (κ1) is 14.6. The second kappa shape index (κ2) is 6.47. The van der Waals surface area contributed by atoms with Crippen LogP contribution in [0.1, 0.15) is 5.56 Å². The van der Waals surface area contributed by atoms with Crippen LogP contribution in [0.2, 0.25) is 0 Å². The van der Waals surface area contributed by atoms with Gasteiger partial charge in [0.15, 0.2) is 0 Å². The molecule has 1 atom stereocenters. The molecular weight excluding hydrogens is 256 g/mol. The van der Waals surface area contributed by atoms with E-state index in [2.05, 4.69) is 9.46 Å². The molecule has 1 unspecified atom stereocenters. The van der Waals surface area contributed by atoms with Crippen molar-refractivity contribution in [3.8, 4) is 6.07 Å². The highest BCUT2D eigenvalue weighted by atomic mass is 32.2. The highest BCUT2D eigenvalue weighted by molar-refractivity contribution is 7.89. The van der Waals surface area contributed by atoms with Crippen molar-refractivity contribution in [1.82, 2.24) is 4.72 Å². The summed E-state index contributed by atoms with van der Waals surface area (Å²) in [7, 11) is -2.31. The Bertz CT molecular complexity index is 536. The molecule has 1 rings (SSSR count). The SMILES string of the molecule is COCC(O)CNS(=O)(=O)c1cccc(C#N)c1. The summed E-state index contributed by atoms with van der Waals surface area (Å²) in [5.41, 5.74) is 0.260. The zero-order valence-electron chi connectivity index (χ0n) is 9.83. The van der Waals surface area contributed by atoms with Gasteiger partial charge in [-0.25, -0.2) is 13.1 Å². The fourth-order valence-corrected chi connectivity index (χ4v) is 2.39. The Morgan fingerprint density at radius 3 is 2.89 bits per heavy atom. The molecule has 0 aliphatic heterocycles. The van der Waals surface area contributed by atoms with Crippen LogP contribution in [0.15, 0.2) is 29.2 Å². The minimum atomic E-state index is -3.72. The molecule has 0 aliphatic carbocycles. The zero-order chi connectivity index (χ0) is 13.6. The topological polar surface area (TPSA) is 99.4 Å². The maximum atomic E-state index is 11.8. The van der Waals surface area contributed by atoms with Crippen LogP contribution in [0.4, 0.5) is 0 Å². The lowest BCUT2D eigenvalue weighted by molar-refractivity contribution is 0.0679. The van der Waals surface area contributed by atoms with Crippen molar-refractivity contribution >= 4 is 10.0 Å². The normalized spacial score (nSPS) is 12.9. The summed E-state index contributed by atoms with van der Waals surface area (Å²) in [6.45, 7) is -0.103. The van der Waals surface area contributed by atoms with E-state index in [1.807, 2.05) is 6.07 Å². The van der Waals surface area contributed by atoms with E-state index < -0.39 is 16.1 Å². The van der Waals surface area contributed by atoms with E-state index in [4.69, 9.17) is 5.26 Å². The highest BCUT2D eigenvalue weighted by Crippen LogP contribution is 2.10. The zero-order valence-corrected chi connectivity index (χ0v) is 10.6. The predicted molar refractivity (Wildman–Crippen MR) is 64.2 cm³/mol. The van der Waals surface area contributed by atoms with Crippen molar-refractivity contribution in [2.75, 3.05) is 20.3 Å². The monoisotopic (exact) mass is 270 g/mol. The fourth-order valence-electron chi connectivity index (χ4n) is 1.27. The van der Waals surface area contributed by atoms with E-state index >= 15 is 0 Å².